The molecule has 3 rings (SSSR count). The van der Waals surface area contributed by atoms with Crippen molar-refractivity contribution in [2.45, 2.75) is 24.9 Å². The van der Waals surface area contributed by atoms with Crippen molar-refractivity contribution < 1.29 is 27.8 Å². The maximum Gasteiger partial charge on any atom is 0.438 e. The lowest BCUT2D eigenvalue weighted by Gasteiger charge is -2.32. The molecule has 1 heterocycles. The Morgan fingerprint density at radius 1 is 1.29 bits per heavy atom. The Kier molecular flexibility index (Phi) is 5.07. The van der Waals surface area contributed by atoms with Crippen molar-refractivity contribution >= 4 is 12.1 Å². The molecule has 1 N–H and O–H groups in total. The number of halogens is 3. The molecule has 1 aliphatic heterocycles. The first-order valence-electron chi connectivity index (χ1n) is 8.12. The Morgan fingerprint density at radius 2 is 2.00 bits per heavy atom. The number of nitriles is 1. The summed E-state index contributed by atoms with van der Waals surface area (Å²) in [6, 6.07) is 14.2. The van der Waals surface area contributed by atoms with Gasteiger partial charge in [-0.05, 0) is 42.0 Å². The molecule has 144 valence electrons. The van der Waals surface area contributed by atoms with E-state index < -0.39 is 24.2 Å². The van der Waals surface area contributed by atoms with E-state index in [2.05, 4.69) is 5.10 Å². The minimum Gasteiger partial charge on any atom is -0.489 e. The number of carbonyl (C=O) groups excluding carboxylic acids is 1. The molecule has 1 aliphatic rings. The quantitative estimate of drug-likeness (QED) is 0.870. The van der Waals surface area contributed by atoms with Gasteiger partial charge in [0.15, 0.2) is 0 Å². The van der Waals surface area contributed by atoms with Crippen LogP contribution in [0.4, 0.5) is 13.2 Å². The Bertz CT molecular complexity index is 951. The van der Waals surface area contributed by atoms with Gasteiger partial charge in [-0.2, -0.15) is 28.5 Å². The van der Waals surface area contributed by atoms with Crippen molar-refractivity contribution in [1.29, 1.82) is 5.26 Å². The van der Waals surface area contributed by atoms with Crippen LogP contribution in [0.25, 0.3) is 0 Å². The molecular formula is C19H14F3N3O3. The maximum absolute atomic E-state index is 13.1. The van der Waals surface area contributed by atoms with Crippen LogP contribution in [0.3, 0.4) is 0 Å². The molecule has 0 radical (unpaired) electrons. The van der Waals surface area contributed by atoms with Crippen molar-refractivity contribution in [1.82, 2.24) is 5.01 Å². The van der Waals surface area contributed by atoms with Crippen molar-refractivity contribution in [3.63, 3.8) is 0 Å². The van der Waals surface area contributed by atoms with E-state index in [0.29, 0.717) is 16.9 Å². The highest BCUT2D eigenvalue weighted by molar-refractivity contribution is 5.96. The highest BCUT2D eigenvalue weighted by atomic mass is 19.4. The van der Waals surface area contributed by atoms with Gasteiger partial charge in [0, 0.05) is 18.2 Å². The molecule has 0 spiro atoms. The van der Waals surface area contributed by atoms with Crippen LogP contribution < -0.4 is 4.74 Å². The predicted molar refractivity (Wildman–Crippen MR) is 92.2 cm³/mol. The number of nitrogens with zero attached hydrogens (tertiary/aromatic N) is 3. The number of aliphatic hydroxyl groups is 1. The first-order chi connectivity index (χ1) is 13.2. The van der Waals surface area contributed by atoms with Crippen LogP contribution in [0.2, 0.25) is 0 Å². The fourth-order valence-corrected chi connectivity index (χ4v) is 2.60. The summed E-state index contributed by atoms with van der Waals surface area (Å²) in [5, 5.41) is 22.1. The SMILES string of the molecule is N#Cc1ccc(OCc2cccc(C(=O)N3N=CCC3(O)C(F)(F)F)c2)cc1. The molecule has 1 unspecified atom stereocenters. The zero-order valence-corrected chi connectivity index (χ0v) is 14.3. The molecule has 0 saturated heterocycles. The number of ether oxygens (including phenoxy) is 1. The fraction of sp³-hybridized carbons (Fsp3) is 0.211. The lowest BCUT2D eigenvalue weighted by Crippen LogP contribution is -2.56. The Labute approximate surface area is 158 Å². The van der Waals surface area contributed by atoms with Gasteiger partial charge in [0.05, 0.1) is 11.6 Å². The van der Waals surface area contributed by atoms with Crippen LogP contribution in [0, 0.1) is 11.3 Å². The van der Waals surface area contributed by atoms with E-state index in [9.17, 15) is 23.1 Å². The van der Waals surface area contributed by atoms with Crippen molar-refractivity contribution in [2.75, 3.05) is 0 Å². The number of hydrogen-bond donors (Lipinski definition) is 1. The normalized spacial score (nSPS) is 18.8. The van der Waals surface area contributed by atoms with E-state index in [1.54, 1.807) is 30.3 Å². The van der Waals surface area contributed by atoms with Gasteiger partial charge >= 0.3 is 6.18 Å². The fourth-order valence-electron chi connectivity index (χ4n) is 2.60. The van der Waals surface area contributed by atoms with Crippen molar-refractivity contribution in [3.8, 4) is 11.8 Å². The van der Waals surface area contributed by atoms with Gasteiger partial charge in [-0.1, -0.05) is 12.1 Å². The van der Waals surface area contributed by atoms with Crippen molar-refractivity contribution in [2.24, 2.45) is 5.10 Å². The third-order valence-corrected chi connectivity index (χ3v) is 4.13. The van der Waals surface area contributed by atoms with Gasteiger partial charge in [-0.15, -0.1) is 0 Å². The lowest BCUT2D eigenvalue weighted by molar-refractivity contribution is -0.297. The van der Waals surface area contributed by atoms with Crippen LogP contribution in [-0.4, -0.2) is 34.1 Å². The summed E-state index contributed by atoms with van der Waals surface area (Å²) in [6.45, 7) is 0.0554. The standard InChI is InChI=1S/C19H14F3N3O3/c20-19(21,22)18(27)8-9-24-25(18)17(26)15-3-1-2-14(10-15)12-28-16-6-4-13(11-23)5-7-16/h1-7,9-10,27H,8,12H2. The lowest BCUT2D eigenvalue weighted by atomic mass is 10.1. The average Bonchev–Trinajstić information content (AvgIpc) is 3.09. The molecule has 0 bridgehead atoms. The summed E-state index contributed by atoms with van der Waals surface area (Å²) >= 11 is 0. The molecule has 2 aromatic rings. The molecule has 1 atom stereocenters. The minimum atomic E-state index is -5.05. The molecule has 0 saturated carbocycles. The molecule has 1 amide bonds. The molecule has 2 aromatic carbocycles. The summed E-state index contributed by atoms with van der Waals surface area (Å²) in [5.41, 5.74) is -2.42. The topological polar surface area (TPSA) is 85.9 Å². The number of benzene rings is 2. The first-order valence-corrected chi connectivity index (χ1v) is 8.12. The minimum absolute atomic E-state index is 0.0492. The number of carbonyl (C=O) groups is 1. The van der Waals surface area contributed by atoms with E-state index in [1.807, 2.05) is 6.07 Å². The van der Waals surface area contributed by atoms with Crippen LogP contribution >= 0.6 is 0 Å². The highest BCUT2D eigenvalue weighted by Gasteiger charge is 2.61. The van der Waals surface area contributed by atoms with E-state index in [0.717, 1.165) is 6.21 Å². The summed E-state index contributed by atoms with van der Waals surface area (Å²) in [4.78, 5) is 12.5. The second-order valence-electron chi connectivity index (χ2n) is 6.06. The number of rotatable bonds is 4. The van der Waals surface area contributed by atoms with Gasteiger partial charge in [0.25, 0.3) is 11.6 Å². The van der Waals surface area contributed by atoms with Crippen LogP contribution in [0.5, 0.6) is 5.75 Å². The van der Waals surface area contributed by atoms with Crippen LogP contribution in [-0.2, 0) is 6.61 Å². The predicted octanol–water partition coefficient (Wildman–Crippen LogP) is 3.22. The van der Waals surface area contributed by atoms with Gasteiger partial charge in [0.2, 0.25) is 0 Å². The highest BCUT2D eigenvalue weighted by Crippen LogP contribution is 2.39. The third kappa shape index (κ3) is 3.68. The van der Waals surface area contributed by atoms with Gasteiger partial charge in [0.1, 0.15) is 12.4 Å². The van der Waals surface area contributed by atoms with E-state index in [1.165, 1.54) is 18.2 Å². The first kappa shape index (κ1) is 19.4. The molecule has 0 aromatic heterocycles. The third-order valence-electron chi connectivity index (χ3n) is 4.13. The molecule has 0 aliphatic carbocycles. The average molecular weight is 389 g/mol. The van der Waals surface area contributed by atoms with Gasteiger partial charge in [-0.3, -0.25) is 4.79 Å². The summed E-state index contributed by atoms with van der Waals surface area (Å²) in [6.07, 6.45) is -5.03. The summed E-state index contributed by atoms with van der Waals surface area (Å²) < 4.78 is 45.0. The Balaban J connectivity index is 1.74. The number of alkyl halides is 3. The molecule has 28 heavy (non-hydrogen) atoms. The van der Waals surface area contributed by atoms with Crippen LogP contribution in [0.15, 0.2) is 53.6 Å². The molecular weight excluding hydrogens is 375 g/mol. The Morgan fingerprint density at radius 3 is 2.64 bits per heavy atom. The number of amides is 1. The maximum atomic E-state index is 13.1. The summed E-state index contributed by atoms with van der Waals surface area (Å²) in [7, 11) is 0. The van der Waals surface area contributed by atoms with Crippen molar-refractivity contribution in [3.05, 3.63) is 65.2 Å². The Hall–Kier alpha value is -3.38. The van der Waals surface area contributed by atoms with Crippen LogP contribution in [0.1, 0.15) is 27.9 Å². The monoisotopic (exact) mass is 389 g/mol. The zero-order valence-electron chi connectivity index (χ0n) is 14.3. The molecule has 6 nitrogen and oxygen atoms in total. The van der Waals surface area contributed by atoms with E-state index >= 15 is 0 Å². The summed E-state index contributed by atoms with van der Waals surface area (Å²) in [5.74, 6) is -0.583. The zero-order chi connectivity index (χ0) is 20.4. The van der Waals surface area contributed by atoms with E-state index in [4.69, 9.17) is 10.00 Å². The smallest absolute Gasteiger partial charge is 0.438 e. The van der Waals surface area contributed by atoms with Gasteiger partial charge < -0.3 is 9.84 Å². The number of hydrazone groups is 1. The molecule has 9 heteroatoms. The molecule has 0 fully saturated rings. The number of hydrogen-bond acceptors (Lipinski definition) is 5. The second kappa shape index (κ2) is 7.32. The van der Waals surface area contributed by atoms with Gasteiger partial charge in [-0.25, -0.2) is 0 Å². The van der Waals surface area contributed by atoms with E-state index in [-0.39, 0.29) is 17.2 Å². The second-order valence-corrected chi connectivity index (χ2v) is 6.06. The largest absolute Gasteiger partial charge is 0.489 e.